The van der Waals surface area contributed by atoms with Crippen LogP contribution in [0.1, 0.15) is 70.1 Å². The molecule has 0 radical (unpaired) electrons. The molecule has 2 fully saturated rings. The fourth-order valence-corrected chi connectivity index (χ4v) is 7.20. The summed E-state index contributed by atoms with van der Waals surface area (Å²) in [5.41, 5.74) is 3.87. The van der Waals surface area contributed by atoms with Crippen molar-refractivity contribution in [3.8, 4) is 0 Å². The number of nitrogens with one attached hydrogen (secondary N) is 1. The van der Waals surface area contributed by atoms with Gasteiger partial charge in [0.2, 0.25) is 5.95 Å². The average Bonchev–Trinajstić information content (AvgIpc) is 2.99. The van der Waals surface area contributed by atoms with Gasteiger partial charge in [0.05, 0.1) is 5.70 Å². The van der Waals surface area contributed by atoms with Crippen molar-refractivity contribution in [3.63, 3.8) is 0 Å². The predicted octanol–water partition coefficient (Wildman–Crippen LogP) is 5.37. The molecule has 9 nitrogen and oxygen atoms in total. The molecule has 230 valence electrons. The second-order valence-corrected chi connectivity index (χ2v) is 12.9. The van der Waals surface area contributed by atoms with Crippen LogP contribution in [0.2, 0.25) is 5.02 Å². The number of rotatable bonds is 6. The number of ether oxygens (including phenoxy) is 1. The highest BCUT2D eigenvalue weighted by Gasteiger charge is 2.40. The summed E-state index contributed by atoms with van der Waals surface area (Å²) >= 11 is 6.89. The number of hydrogen-bond acceptors (Lipinski definition) is 9. The topological polar surface area (TPSA) is 89.4 Å². The van der Waals surface area contributed by atoms with Crippen LogP contribution in [0, 0.1) is 0 Å². The van der Waals surface area contributed by atoms with E-state index in [0.29, 0.717) is 47.7 Å². The van der Waals surface area contributed by atoms with Gasteiger partial charge < -0.3 is 25.0 Å². The zero-order chi connectivity index (χ0) is 30.3. The number of fused-ring (bicyclic) bond motifs is 1. The van der Waals surface area contributed by atoms with E-state index < -0.39 is 5.72 Å². The first kappa shape index (κ1) is 30.1. The minimum absolute atomic E-state index is 0.354. The molecule has 4 aliphatic rings. The van der Waals surface area contributed by atoms with Crippen LogP contribution in [0.4, 0.5) is 11.8 Å². The average molecular weight is 606 g/mol. The van der Waals surface area contributed by atoms with Gasteiger partial charge in [-0.3, -0.25) is 4.90 Å². The van der Waals surface area contributed by atoms with Gasteiger partial charge in [-0.15, -0.1) is 0 Å². The Labute approximate surface area is 260 Å². The Kier molecular flexibility index (Phi) is 8.52. The van der Waals surface area contributed by atoms with Gasteiger partial charge in [-0.2, -0.15) is 4.98 Å². The highest BCUT2D eigenvalue weighted by Crippen LogP contribution is 2.44. The normalized spacial score (nSPS) is 26.9. The van der Waals surface area contributed by atoms with E-state index in [1.165, 1.54) is 25.9 Å². The van der Waals surface area contributed by atoms with E-state index >= 15 is 0 Å². The third-order valence-electron chi connectivity index (χ3n) is 9.49. The molecular weight excluding hydrogens is 562 g/mol. The smallest absolute Gasteiger partial charge is 0.224 e. The van der Waals surface area contributed by atoms with E-state index in [9.17, 15) is 5.11 Å². The number of halogens is 1. The Morgan fingerprint density at radius 2 is 1.86 bits per heavy atom. The number of aromatic nitrogens is 2. The summed E-state index contributed by atoms with van der Waals surface area (Å²) in [4.78, 5) is 21.3. The zero-order valence-electron chi connectivity index (χ0n) is 26.0. The fraction of sp³-hybridized carbons (Fsp3) is 0.545. The van der Waals surface area contributed by atoms with Crippen LogP contribution in [0.3, 0.4) is 0 Å². The molecule has 1 aromatic heterocycles. The molecular formula is C33H44ClN7O2. The van der Waals surface area contributed by atoms with Gasteiger partial charge in [-0.05, 0) is 71.2 Å². The second-order valence-electron chi connectivity index (χ2n) is 12.5. The maximum atomic E-state index is 12.0. The van der Waals surface area contributed by atoms with E-state index in [1.807, 2.05) is 63.1 Å². The molecule has 1 saturated heterocycles. The molecule has 2 aromatic rings. The van der Waals surface area contributed by atoms with Crippen LogP contribution >= 0.6 is 11.6 Å². The Morgan fingerprint density at radius 3 is 2.56 bits per heavy atom. The molecule has 1 aliphatic carbocycles. The van der Waals surface area contributed by atoms with E-state index in [4.69, 9.17) is 26.3 Å². The van der Waals surface area contributed by atoms with Gasteiger partial charge >= 0.3 is 0 Å². The summed E-state index contributed by atoms with van der Waals surface area (Å²) in [7, 11) is 2.21. The monoisotopic (exact) mass is 605 g/mol. The lowest BCUT2D eigenvalue weighted by Crippen LogP contribution is -2.50. The molecule has 2 N–H and O–H groups in total. The number of piperazine rings is 1. The lowest BCUT2D eigenvalue weighted by atomic mass is 9.89. The van der Waals surface area contributed by atoms with Crippen LogP contribution in [-0.4, -0.2) is 95.0 Å². The van der Waals surface area contributed by atoms with Crippen molar-refractivity contribution in [2.24, 2.45) is 4.99 Å². The van der Waals surface area contributed by atoms with Gasteiger partial charge in [0.1, 0.15) is 12.4 Å². The minimum Gasteiger partial charge on any atom is -0.476 e. The summed E-state index contributed by atoms with van der Waals surface area (Å²) in [5, 5.41) is 16.1. The van der Waals surface area contributed by atoms with Gasteiger partial charge in [0.25, 0.3) is 0 Å². The van der Waals surface area contributed by atoms with Crippen LogP contribution in [0.25, 0.3) is 17.3 Å². The maximum absolute atomic E-state index is 12.0. The number of hydrogen-bond donors (Lipinski definition) is 2. The molecule has 6 rings (SSSR count). The highest BCUT2D eigenvalue weighted by atomic mass is 35.5. The van der Waals surface area contributed by atoms with Gasteiger partial charge in [0.15, 0.2) is 11.6 Å². The first-order valence-corrected chi connectivity index (χ1v) is 16.0. The summed E-state index contributed by atoms with van der Waals surface area (Å²) in [6.07, 6.45) is 8.44. The lowest BCUT2D eigenvalue weighted by Gasteiger charge is -2.43. The fourth-order valence-electron chi connectivity index (χ4n) is 6.92. The molecule has 3 aliphatic heterocycles. The van der Waals surface area contributed by atoms with Crippen molar-refractivity contribution in [2.45, 2.75) is 71.2 Å². The van der Waals surface area contributed by atoms with Crippen molar-refractivity contribution in [1.82, 2.24) is 19.8 Å². The maximum Gasteiger partial charge on any atom is 0.224 e. The molecule has 1 unspecified atom stereocenters. The number of benzene rings is 1. The molecule has 4 heterocycles. The van der Waals surface area contributed by atoms with Crippen LogP contribution in [0.5, 0.6) is 0 Å². The molecule has 43 heavy (non-hydrogen) atoms. The Morgan fingerprint density at radius 1 is 1.12 bits per heavy atom. The van der Waals surface area contributed by atoms with Crippen LogP contribution < -0.4 is 10.2 Å². The van der Waals surface area contributed by atoms with Crippen LogP contribution in [-0.2, 0) is 4.74 Å². The van der Waals surface area contributed by atoms with Crippen LogP contribution in [0.15, 0.2) is 35.0 Å². The SMILES string of the molecule is CCN1c2nc(NC3CCC(N4CCN(C)CC4)CC3)ncc2C=C(c2ccc(C3=C(C)COC(C)=N3)cc2Cl)C1(C)O. The summed E-state index contributed by atoms with van der Waals surface area (Å²) in [6, 6.07) is 6.93. The zero-order valence-corrected chi connectivity index (χ0v) is 26.8. The van der Waals surface area contributed by atoms with Crippen molar-refractivity contribution in [1.29, 1.82) is 0 Å². The number of aliphatic hydroxyl groups is 1. The summed E-state index contributed by atoms with van der Waals surface area (Å²) < 4.78 is 5.55. The third kappa shape index (κ3) is 6.05. The number of anilines is 2. The van der Waals surface area contributed by atoms with E-state index in [1.54, 1.807) is 0 Å². The number of nitrogens with zero attached hydrogens (tertiary/aromatic N) is 6. The standard InChI is InChI=1S/C33H44ClN7O2/c1-6-41-31-24(19-35-32(38-31)37-25-8-10-26(11-9-25)40-15-13-39(5)14-16-40)17-28(33(41,4)42)27-12-7-23(18-29(27)34)30-21(2)20-43-22(3)36-30/h7,12,17-19,25-26,42H,6,8-11,13-16,20H2,1-5H3,(H,35,37,38). The quantitative estimate of drug-likeness (QED) is 0.454. The molecule has 0 spiro atoms. The minimum atomic E-state index is -1.32. The van der Waals surface area contributed by atoms with Gasteiger partial charge in [-0.25, -0.2) is 9.98 Å². The Hall–Kier alpha value is -2.98. The first-order valence-electron chi connectivity index (χ1n) is 15.6. The molecule has 0 bridgehead atoms. The lowest BCUT2D eigenvalue weighted by molar-refractivity contribution is 0.0893. The van der Waals surface area contributed by atoms with Crippen molar-refractivity contribution in [3.05, 3.63) is 51.7 Å². The predicted molar refractivity (Wildman–Crippen MR) is 175 cm³/mol. The van der Waals surface area contributed by atoms with Crippen molar-refractivity contribution >= 4 is 46.6 Å². The van der Waals surface area contributed by atoms with Crippen molar-refractivity contribution < 1.29 is 9.84 Å². The Bertz CT molecular complexity index is 1450. The highest BCUT2D eigenvalue weighted by molar-refractivity contribution is 6.33. The summed E-state index contributed by atoms with van der Waals surface area (Å²) in [6.45, 7) is 13.5. The number of likely N-dealkylation sites (N-methyl/N-ethyl adjacent to an activating group) is 2. The van der Waals surface area contributed by atoms with Crippen molar-refractivity contribution in [2.75, 3.05) is 56.6 Å². The Balaban J connectivity index is 1.21. The first-order chi connectivity index (χ1) is 20.6. The summed E-state index contributed by atoms with van der Waals surface area (Å²) in [5.74, 6) is 1.98. The third-order valence-corrected chi connectivity index (χ3v) is 9.80. The van der Waals surface area contributed by atoms with Gasteiger partial charge in [0, 0.05) is 85.2 Å². The molecule has 1 saturated carbocycles. The molecule has 10 heteroatoms. The van der Waals surface area contributed by atoms with E-state index in [2.05, 4.69) is 27.2 Å². The number of aliphatic imine (C=N–C) groups is 1. The van der Waals surface area contributed by atoms with E-state index in [-0.39, 0.29) is 0 Å². The van der Waals surface area contributed by atoms with E-state index in [0.717, 1.165) is 59.7 Å². The molecule has 1 aromatic carbocycles. The molecule has 0 amide bonds. The molecule has 1 atom stereocenters. The van der Waals surface area contributed by atoms with Gasteiger partial charge in [-0.1, -0.05) is 23.7 Å². The second kappa shape index (κ2) is 12.2. The largest absolute Gasteiger partial charge is 0.476 e.